The van der Waals surface area contributed by atoms with Crippen molar-refractivity contribution >= 4 is 75.0 Å². The molecule has 7 rings (SSSR count). The number of carbonyl (C=O) groups is 9. The Balaban J connectivity index is 1.06. The zero-order chi connectivity index (χ0) is 57.6. The second kappa shape index (κ2) is 27.0. The quantitative estimate of drug-likeness (QED) is 0.0371. The molecule has 22 nitrogen and oxygen atoms in total. The smallest absolute Gasteiger partial charge is 0.326 e. The van der Waals surface area contributed by atoms with Crippen LogP contribution in [0.2, 0.25) is 0 Å². The van der Waals surface area contributed by atoms with Crippen LogP contribution < -0.4 is 43.4 Å². The number of hydrogen-bond acceptors (Lipinski definition) is 11. The van der Waals surface area contributed by atoms with Crippen molar-refractivity contribution in [3.05, 3.63) is 138 Å². The first-order valence-corrected chi connectivity index (χ1v) is 26.6. The number of para-hydroxylation sites is 2. The molecule has 1 saturated heterocycles. The van der Waals surface area contributed by atoms with Crippen molar-refractivity contribution in [3.63, 3.8) is 0 Å². The zero-order valence-corrected chi connectivity index (χ0v) is 44.7. The Morgan fingerprint density at radius 3 is 1.77 bits per heavy atom. The Morgan fingerprint density at radius 2 is 1.16 bits per heavy atom. The molecule has 0 aliphatic carbocycles. The summed E-state index contributed by atoms with van der Waals surface area (Å²) in [6.07, 6.45) is 3.86. The summed E-state index contributed by atoms with van der Waals surface area (Å²) >= 11 is 0. The number of H-pyrrole nitrogens is 2. The SMILES string of the molecule is CC[C@H](C)[C@H](NC(=O)[C@H](Cc1ccccc1)NC(=O)[C@@H]1CCCN1C(=O)[C@H](Cc1c[nH]c2ccccc12)NC(=O)[C@@H](N)Cc1c[nH]c2ccccc12)C(=O)N[C@@H](CC(N)=O)C(=O)N[C@@H](C)C(=O)N[C@@H](Cc1ccc(O)cc1)C(=O)O. The molecule has 0 unspecified atom stereocenters. The van der Waals surface area contributed by atoms with Gasteiger partial charge in [0.15, 0.2) is 0 Å². The number of benzene rings is 4. The third kappa shape index (κ3) is 15.2. The summed E-state index contributed by atoms with van der Waals surface area (Å²) < 4.78 is 0. The van der Waals surface area contributed by atoms with Gasteiger partial charge in [0.25, 0.3) is 0 Å². The van der Waals surface area contributed by atoms with Gasteiger partial charge in [-0.3, -0.25) is 38.4 Å². The first-order valence-electron chi connectivity index (χ1n) is 26.6. The fourth-order valence-corrected chi connectivity index (χ4v) is 9.83. The van der Waals surface area contributed by atoms with Crippen molar-refractivity contribution in [3.8, 4) is 5.75 Å². The van der Waals surface area contributed by atoms with E-state index in [1.54, 1.807) is 56.6 Å². The van der Waals surface area contributed by atoms with E-state index in [4.69, 9.17) is 11.5 Å². The first kappa shape index (κ1) is 58.6. The lowest BCUT2D eigenvalue weighted by molar-refractivity contribution is -0.142. The van der Waals surface area contributed by atoms with Gasteiger partial charge in [-0.05, 0) is 78.6 Å². The Labute approximate surface area is 461 Å². The minimum Gasteiger partial charge on any atom is -0.508 e. The molecule has 14 N–H and O–H groups in total. The van der Waals surface area contributed by atoms with Crippen molar-refractivity contribution in [2.75, 3.05) is 6.54 Å². The number of fused-ring (bicyclic) bond motifs is 2. The lowest BCUT2D eigenvalue weighted by Crippen LogP contribution is -2.61. The Hall–Kier alpha value is -9.05. The number of primary amides is 1. The van der Waals surface area contributed by atoms with Gasteiger partial charge in [-0.1, -0.05) is 99.1 Å². The van der Waals surface area contributed by atoms with Gasteiger partial charge in [0.1, 0.15) is 48.0 Å². The molecule has 0 radical (unpaired) electrons. The molecule has 22 heteroatoms. The number of aliphatic carboxylic acids is 1. The maximum atomic E-state index is 14.9. The molecule has 8 amide bonds. The van der Waals surface area contributed by atoms with Crippen molar-refractivity contribution in [2.45, 2.75) is 120 Å². The standard InChI is InChI=1S/C58H69N11O11/c1-4-32(2)50(56(77)65-45(29-49(60)71)53(74)63-33(3)51(72)67-47(58(79)80)26-35-20-22-38(70)23-21-35)68-54(75)44(25-34-13-6-5-7-14-34)64-55(76)48-19-12-24-69(48)57(78)46(28-37-31-62-43-18-11-9-16-40(37)43)66-52(73)41(59)27-36-30-61-42-17-10-8-15-39(36)42/h5-11,13-18,20-23,30-33,41,44-48,50,61-62,70H,4,12,19,24-29,59H2,1-3H3,(H2,60,71)(H,63,74)(H,64,76)(H,65,77)(H,66,73)(H,67,72)(H,68,75)(H,79,80)/t32-,33-,41-,44-,45-,46-,47-,48-,50-/m0/s1. The summed E-state index contributed by atoms with van der Waals surface area (Å²) in [7, 11) is 0. The van der Waals surface area contributed by atoms with E-state index in [0.717, 1.165) is 32.9 Å². The van der Waals surface area contributed by atoms with Crippen molar-refractivity contribution in [2.24, 2.45) is 17.4 Å². The van der Waals surface area contributed by atoms with Gasteiger partial charge in [0, 0.05) is 60.0 Å². The van der Waals surface area contributed by atoms with Crippen LogP contribution >= 0.6 is 0 Å². The number of aromatic nitrogens is 2. The zero-order valence-electron chi connectivity index (χ0n) is 44.7. The van der Waals surface area contributed by atoms with Crippen LogP contribution in [-0.4, -0.2) is 133 Å². The summed E-state index contributed by atoms with van der Waals surface area (Å²) in [5, 5.41) is 37.0. The number of hydrogen-bond donors (Lipinski definition) is 12. The van der Waals surface area contributed by atoms with Crippen LogP contribution in [-0.2, 0) is 68.8 Å². The molecule has 0 bridgehead atoms. The van der Waals surface area contributed by atoms with Gasteiger partial charge >= 0.3 is 5.97 Å². The van der Waals surface area contributed by atoms with Crippen LogP contribution in [0, 0.1) is 5.92 Å². The molecular formula is C58H69N11O11. The fraction of sp³-hybridized carbons (Fsp3) is 0.362. The molecule has 3 heterocycles. The highest BCUT2D eigenvalue weighted by Crippen LogP contribution is 2.25. The molecule has 1 aliphatic heterocycles. The fourth-order valence-electron chi connectivity index (χ4n) is 9.83. The minimum absolute atomic E-state index is 0.0383. The Morgan fingerprint density at radius 1 is 0.613 bits per heavy atom. The lowest BCUT2D eigenvalue weighted by atomic mass is 9.96. The summed E-state index contributed by atoms with van der Waals surface area (Å²) in [6, 6.07) is 19.2. The monoisotopic (exact) mass is 1100 g/mol. The third-order valence-electron chi connectivity index (χ3n) is 14.5. The van der Waals surface area contributed by atoms with E-state index in [2.05, 4.69) is 41.9 Å². The predicted molar refractivity (Wildman–Crippen MR) is 297 cm³/mol. The topological polar surface area (TPSA) is 353 Å². The van der Waals surface area contributed by atoms with Crippen molar-refractivity contribution < 1.29 is 53.4 Å². The number of nitrogens with one attached hydrogen (secondary N) is 8. The minimum atomic E-state index is -1.66. The van der Waals surface area contributed by atoms with Crippen LogP contribution in [0.4, 0.5) is 0 Å². The van der Waals surface area contributed by atoms with Crippen molar-refractivity contribution in [1.82, 2.24) is 46.8 Å². The number of carbonyl (C=O) groups excluding carboxylic acids is 8. The summed E-state index contributed by atoms with van der Waals surface area (Å²) in [6.45, 7) is 4.87. The predicted octanol–water partition coefficient (Wildman–Crippen LogP) is 1.88. The van der Waals surface area contributed by atoms with E-state index in [-0.39, 0.29) is 44.4 Å². The van der Waals surface area contributed by atoms with E-state index in [9.17, 15) is 53.4 Å². The van der Waals surface area contributed by atoms with E-state index in [0.29, 0.717) is 24.0 Å². The number of carboxylic acid groups (broad SMARTS) is 1. The maximum absolute atomic E-state index is 14.9. The van der Waals surface area contributed by atoms with Crippen LogP contribution in [0.5, 0.6) is 5.75 Å². The van der Waals surface area contributed by atoms with E-state index < -0.39 is 114 Å². The number of nitrogens with two attached hydrogens (primary N) is 2. The third-order valence-corrected chi connectivity index (χ3v) is 14.5. The molecule has 4 aromatic carbocycles. The molecule has 6 aromatic rings. The highest BCUT2D eigenvalue weighted by atomic mass is 16.4. The number of carboxylic acids is 1. The number of aromatic amines is 2. The molecule has 80 heavy (non-hydrogen) atoms. The van der Waals surface area contributed by atoms with E-state index in [1.165, 1.54) is 36.1 Å². The first-order chi connectivity index (χ1) is 38.3. The van der Waals surface area contributed by atoms with Crippen LogP contribution in [0.25, 0.3) is 21.8 Å². The molecule has 9 atom stereocenters. The maximum Gasteiger partial charge on any atom is 0.326 e. The number of phenolic OH excluding ortho intramolecular Hbond substituents is 1. The van der Waals surface area contributed by atoms with Gasteiger partial charge in [-0.15, -0.1) is 0 Å². The number of amides is 8. The van der Waals surface area contributed by atoms with Crippen molar-refractivity contribution in [1.29, 1.82) is 0 Å². The second-order valence-corrected chi connectivity index (χ2v) is 20.3. The van der Waals surface area contributed by atoms with Crippen LogP contribution in [0.1, 0.15) is 68.7 Å². The average Bonchev–Trinajstić information content (AvgIpc) is 4.21. The normalized spacial score (nSPS) is 16.2. The van der Waals surface area contributed by atoms with Crippen LogP contribution in [0.15, 0.2) is 116 Å². The molecule has 1 aliphatic rings. The van der Waals surface area contributed by atoms with Gasteiger partial charge < -0.3 is 68.4 Å². The summed E-state index contributed by atoms with van der Waals surface area (Å²) in [5.41, 5.74) is 16.5. The number of aromatic hydroxyl groups is 1. The van der Waals surface area contributed by atoms with E-state index in [1.807, 2.05) is 48.5 Å². The highest BCUT2D eigenvalue weighted by molar-refractivity contribution is 5.99. The summed E-state index contributed by atoms with van der Waals surface area (Å²) in [4.78, 5) is 131. The van der Waals surface area contributed by atoms with E-state index >= 15 is 0 Å². The number of likely N-dealkylation sites (tertiary alicyclic amines) is 1. The van der Waals surface area contributed by atoms with Gasteiger partial charge in [0.2, 0.25) is 47.3 Å². The molecule has 422 valence electrons. The molecular weight excluding hydrogens is 1030 g/mol. The molecule has 2 aromatic heterocycles. The molecule has 0 saturated carbocycles. The van der Waals surface area contributed by atoms with Gasteiger partial charge in [-0.2, -0.15) is 0 Å². The number of nitrogens with zero attached hydrogens (tertiary/aromatic N) is 1. The number of phenols is 1. The highest BCUT2D eigenvalue weighted by Gasteiger charge is 2.41. The van der Waals surface area contributed by atoms with Gasteiger partial charge in [0.05, 0.1) is 12.5 Å². The van der Waals surface area contributed by atoms with Crippen LogP contribution in [0.3, 0.4) is 0 Å². The average molecular weight is 1100 g/mol. The largest absolute Gasteiger partial charge is 0.508 e. The Bertz CT molecular complexity index is 3200. The summed E-state index contributed by atoms with van der Waals surface area (Å²) in [5.74, 6) is -8.34. The number of rotatable bonds is 26. The lowest BCUT2D eigenvalue weighted by Gasteiger charge is -2.31. The second-order valence-electron chi connectivity index (χ2n) is 20.3. The molecule has 1 fully saturated rings. The molecule has 0 spiro atoms. The van der Waals surface area contributed by atoms with Gasteiger partial charge in [-0.25, -0.2) is 4.79 Å². The Kier molecular flexibility index (Phi) is 19.8.